The molecule has 0 aromatic rings. The van der Waals surface area contributed by atoms with Crippen molar-refractivity contribution in [1.29, 1.82) is 0 Å². The lowest BCUT2D eigenvalue weighted by atomic mass is 9.75. The van der Waals surface area contributed by atoms with Crippen molar-refractivity contribution in [3.63, 3.8) is 0 Å². The van der Waals surface area contributed by atoms with Crippen LogP contribution in [0.4, 0.5) is 13.2 Å². The Morgan fingerprint density at radius 3 is 1.62 bits per heavy atom. The summed E-state index contributed by atoms with van der Waals surface area (Å²) in [4.78, 5) is 12.0. The van der Waals surface area contributed by atoms with Gasteiger partial charge in [0.05, 0.1) is 19.3 Å². The molecule has 0 N–H and O–H groups in total. The summed E-state index contributed by atoms with van der Waals surface area (Å²) in [6, 6.07) is 0. The third kappa shape index (κ3) is 7.79. The van der Waals surface area contributed by atoms with E-state index in [0.29, 0.717) is 12.8 Å². The summed E-state index contributed by atoms with van der Waals surface area (Å²) in [5.41, 5.74) is -1.90. The van der Waals surface area contributed by atoms with E-state index in [9.17, 15) is 22.5 Å². The molecule has 2 saturated carbocycles. The first kappa shape index (κ1) is 29.3. The average molecular weight is 512 g/mol. The molecule has 6 atom stereocenters. The van der Waals surface area contributed by atoms with Gasteiger partial charge in [0.25, 0.3) is 0 Å². The number of methoxy groups -OCH3 is 1. The summed E-state index contributed by atoms with van der Waals surface area (Å²) < 4.78 is 74.8. The number of alkyl halides is 3. The molecule has 0 heterocycles. The Bertz CT molecular complexity index is 732. The molecule has 10 heteroatoms. The second-order valence-corrected chi connectivity index (χ2v) is 12.4. The molecule has 0 aliphatic heterocycles. The van der Waals surface area contributed by atoms with Gasteiger partial charge < -0.3 is 4.74 Å². The maximum atomic E-state index is 14.0. The van der Waals surface area contributed by atoms with Gasteiger partial charge in [-0.2, -0.15) is 17.9 Å². The lowest BCUT2D eigenvalue weighted by Gasteiger charge is -2.40. The van der Waals surface area contributed by atoms with Crippen molar-refractivity contribution in [2.24, 2.45) is 40.3 Å². The highest BCUT2D eigenvalue weighted by atomic mass is 31.2. The zero-order valence-corrected chi connectivity index (χ0v) is 22.3. The van der Waals surface area contributed by atoms with Crippen LogP contribution in [0.15, 0.2) is 4.76 Å². The van der Waals surface area contributed by atoms with Gasteiger partial charge in [0, 0.05) is 0 Å². The second kappa shape index (κ2) is 11.9. The molecule has 0 amide bonds. The van der Waals surface area contributed by atoms with Crippen molar-refractivity contribution in [3.05, 3.63) is 0 Å². The van der Waals surface area contributed by atoms with Crippen molar-refractivity contribution in [3.8, 4) is 0 Å². The number of ether oxygens (including phenoxy) is 1. The van der Waals surface area contributed by atoms with Gasteiger partial charge in [0.15, 0.2) is 0 Å². The molecule has 2 fully saturated rings. The number of nitrogens with zero attached hydrogens (tertiary/aromatic N) is 1. The third-order valence-electron chi connectivity index (χ3n) is 7.33. The highest BCUT2D eigenvalue weighted by Gasteiger charge is 2.48. The molecule has 2 aliphatic rings. The van der Waals surface area contributed by atoms with E-state index in [-0.39, 0.29) is 35.5 Å². The predicted molar refractivity (Wildman–Crippen MR) is 126 cm³/mol. The van der Waals surface area contributed by atoms with Gasteiger partial charge in [-0.1, -0.05) is 54.4 Å². The van der Waals surface area contributed by atoms with Crippen LogP contribution in [0.2, 0.25) is 0 Å². The van der Waals surface area contributed by atoms with Crippen LogP contribution in [0.3, 0.4) is 0 Å². The number of rotatable bonds is 8. The molecule has 0 radical (unpaired) electrons. The number of carbonyl (C=O) groups excluding carboxylic acids is 1. The topological polar surface area (TPSA) is 74.2 Å². The van der Waals surface area contributed by atoms with Gasteiger partial charge >= 0.3 is 19.9 Å². The minimum absolute atomic E-state index is 0.00182. The predicted octanol–water partition coefficient (Wildman–Crippen LogP) is 7.23. The number of hydrogen-bond acceptors (Lipinski definition) is 5. The van der Waals surface area contributed by atoms with E-state index in [4.69, 9.17) is 9.05 Å². The van der Waals surface area contributed by atoms with E-state index >= 15 is 0 Å². The van der Waals surface area contributed by atoms with Gasteiger partial charge in [0.1, 0.15) is 0 Å². The Labute approximate surface area is 202 Å². The van der Waals surface area contributed by atoms with Crippen LogP contribution in [0.5, 0.6) is 0 Å². The van der Waals surface area contributed by atoms with E-state index in [1.165, 1.54) is 0 Å². The fourth-order valence-electron chi connectivity index (χ4n) is 5.32. The SMILES string of the molecule is COC(=O)C(=NP(=O)(O[C@@H]1C[C@H](C)CC[C@H]1C(C)C)O[C@@H]1C[C@H](C)CC[C@H]1C(C)C)C(F)(F)F. The van der Waals surface area contributed by atoms with Crippen LogP contribution in [0.25, 0.3) is 0 Å². The van der Waals surface area contributed by atoms with Crippen LogP contribution in [-0.2, 0) is 23.1 Å². The first-order valence-electron chi connectivity index (χ1n) is 12.4. The molecule has 0 unspecified atom stereocenters. The number of esters is 1. The third-order valence-corrected chi connectivity index (χ3v) is 8.85. The van der Waals surface area contributed by atoms with Crippen LogP contribution in [0, 0.1) is 35.5 Å². The summed E-state index contributed by atoms with van der Waals surface area (Å²) in [5.74, 6) is -0.832. The highest BCUT2D eigenvalue weighted by Crippen LogP contribution is 2.58. The van der Waals surface area contributed by atoms with Gasteiger partial charge in [-0.3, -0.25) is 9.05 Å². The Morgan fingerprint density at radius 1 is 0.882 bits per heavy atom. The monoisotopic (exact) mass is 511 g/mol. The van der Waals surface area contributed by atoms with Crippen molar-refractivity contribution in [2.45, 2.75) is 98.5 Å². The zero-order chi connectivity index (χ0) is 25.8. The van der Waals surface area contributed by atoms with Crippen LogP contribution in [0.1, 0.15) is 80.1 Å². The van der Waals surface area contributed by atoms with Crippen molar-refractivity contribution in [1.82, 2.24) is 0 Å². The van der Waals surface area contributed by atoms with Crippen molar-refractivity contribution < 1.29 is 36.3 Å². The Hall–Kier alpha value is -0.920. The fraction of sp³-hybridized carbons (Fsp3) is 0.917. The summed E-state index contributed by atoms with van der Waals surface area (Å²) >= 11 is 0. The first-order valence-corrected chi connectivity index (χ1v) is 13.9. The molecule has 0 saturated heterocycles. The van der Waals surface area contributed by atoms with Crippen LogP contribution >= 0.6 is 7.75 Å². The van der Waals surface area contributed by atoms with E-state index in [0.717, 1.165) is 32.8 Å². The number of halogens is 3. The van der Waals surface area contributed by atoms with Gasteiger partial charge in [-0.15, -0.1) is 0 Å². The molecule has 2 rings (SSSR count). The molecule has 0 aromatic carbocycles. The molecule has 0 spiro atoms. The standard InChI is InChI=1S/C24H41F3NO5P/c1-14(2)18-10-8-16(5)12-20(18)32-34(30,28-22(23(29)31-7)24(25,26)27)33-21-13-17(6)9-11-19(21)15(3)4/h14-21H,8-13H2,1-7H3/t16-,17-,18+,19+,20-,21-/m1/s1. The molecular weight excluding hydrogens is 470 g/mol. The summed E-state index contributed by atoms with van der Waals surface area (Å²) in [5, 5.41) is 0. The average Bonchev–Trinajstić information content (AvgIpc) is 2.70. The van der Waals surface area contributed by atoms with Crippen molar-refractivity contribution >= 4 is 19.4 Å². The van der Waals surface area contributed by atoms with E-state index in [1.54, 1.807) is 0 Å². The number of carbonyl (C=O) groups is 1. The highest BCUT2D eigenvalue weighted by molar-refractivity contribution is 7.52. The zero-order valence-electron chi connectivity index (χ0n) is 21.4. The van der Waals surface area contributed by atoms with E-state index in [2.05, 4.69) is 9.50 Å². The Balaban J connectivity index is 2.51. The maximum Gasteiger partial charge on any atom is 0.455 e. The van der Waals surface area contributed by atoms with E-state index < -0.39 is 37.8 Å². The quantitative estimate of drug-likeness (QED) is 0.195. The Morgan fingerprint density at radius 2 is 1.29 bits per heavy atom. The summed E-state index contributed by atoms with van der Waals surface area (Å²) in [6.45, 7) is 12.1. The van der Waals surface area contributed by atoms with Crippen molar-refractivity contribution in [2.75, 3.05) is 7.11 Å². The van der Waals surface area contributed by atoms with Crippen LogP contribution < -0.4 is 0 Å². The second-order valence-electron chi connectivity index (χ2n) is 10.8. The first-order chi connectivity index (χ1) is 15.7. The summed E-state index contributed by atoms with van der Waals surface area (Å²) in [6.07, 6.45) is -1.69. The minimum atomic E-state index is -5.16. The molecule has 198 valence electrons. The Kier molecular flexibility index (Phi) is 10.2. The molecule has 34 heavy (non-hydrogen) atoms. The van der Waals surface area contributed by atoms with Gasteiger partial charge in [-0.25, -0.2) is 9.36 Å². The molecule has 0 bridgehead atoms. The summed E-state index contributed by atoms with van der Waals surface area (Å²) in [7, 11) is -3.89. The maximum absolute atomic E-state index is 14.0. The molecule has 0 aromatic heterocycles. The smallest absolute Gasteiger partial charge is 0.455 e. The molecule has 2 aliphatic carbocycles. The van der Waals surface area contributed by atoms with Gasteiger partial charge in [-0.05, 0) is 61.2 Å². The van der Waals surface area contributed by atoms with Crippen LogP contribution in [-0.4, -0.2) is 37.2 Å². The minimum Gasteiger partial charge on any atom is -0.464 e. The largest absolute Gasteiger partial charge is 0.464 e. The fourth-order valence-corrected chi connectivity index (χ4v) is 7.07. The van der Waals surface area contributed by atoms with E-state index in [1.807, 2.05) is 41.5 Å². The van der Waals surface area contributed by atoms with Gasteiger partial charge in [0.2, 0.25) is 5.71 Å². The lowest BCUT2D eigenvalue weighted by Crippen LogP contribution is -2.37. The molecular formula is C24H41F3NO5P. The molecule has 6 nitrogen and oxygen atoms in total. The lowest BCUT2D eigenvalue weighted by molar-refractivity contribution is -0.137. The number of hydrogen-bond donors (Lipinski definition) is 0. The normalized spacial score (nSPS) is 31.7.